The lowest BCUT2D eigenvalue weighted by atomic mass is 9.86. The summed E-state index contributed by atoms with van der Waals surface area (Å²) in [7, 11) is 1.58. The summed E-state index contributed by atoms with van der Waals surface area (Å²) >= 11 is 12.6. The van der Waals surface area contributed by atoms with Gasteiger partial charge in [-0.1, -0.05) is 23.2 Å². The van der Waals surface area contributed by atoms with Crippen LogP contribution in [0.2, 0.25) is 10.0 Å². The van der Waals surface area contributed by atoms with Gasteiger partial charge in [0, 0.05) is 25.5 Å². The van der Waals surface area contributed by atoms with E-state index in [0.717, 1.165) is 22.2 Å². The van der Waals surface area contributed by atoms with E-state index in [2.05, 4.69) is 4.98 Å². The van der Waals surface area contributed by atoms with Crippen molar-refractivity contribution < 1.29 is 19.4 Å². The summed E-state index contributed by atoms with van der Waals surface area (Å²) in [6, 6.07) is 3.48. The van der Waals surface area contributed by atoms with Gasteiger partial charge in [0.1, 0.15) is 5.60 Å². The van der Waals surface area contributed by atoms with Crippen LogP contribution in [-0.2, 0) is 26.3 Å². The Morgan fingerprint density at radius 3 is 2.87 bits per heavy atom. The molecule has 7 heteroatoms. The van der Waals surface area contributed by atoms with Crippen molar-refractivity contribution in [2.75, 3.05) is 20.3 Å². The van der Waals surface area contributed by atoms with Crippen LogP contribution in [0.15, 0.2) is 12.1 Å². The monoisotopic (exact) mass is 357 g/mol. The minimum Gasteiger partial charge on any atom is -0.481 e. The zero-order chi connectivity index (χ0) is 16.6. The summed E-state index contributed by atoms with van der Waals surface area (Å²) in [6.07, 6.45) is 0.944. The van der Waals surface area contributed by atoms with Gasteiger partial charge in [-0.15, -0.1) is 0 Å². The van der Waals surface area contributed by atoms with Crippen LogP contribution in [0.25, 0.3) is 10.9 Å². The molecule has 1 aliphatic rings. The fourth-order valence-corrected chi connectivity index (χ4v) is 3.77. The Morgan fingerprint density at radius 1 is 1.43 bits per heavy atom. The lowest BCUT2D eigenvalue weighted by Gasteiger charge is -2.36. The van der Waals surface area contributed by atoms with Crippen LogP contribution in [0.5, 0.6) is 0 Å². The topological polar surface area (TPSA) is 71.6 Å². The van der Waals surface area contributed by atoms with Crippen LogP contribution in [0, 0.1) is 0 Å². The molecule has 23 heavy (non-hydrogen) atoms. The molecule has 124 valence electrons. The molecule has 3 rings (SSSR count). The molecular formula is C16H17Cl2NO4. The van der Waals surface area contributed by atoms with E-state index in [1.54, 1.807) is 19.2 Å². The van der Waals surface area contributed by atoms with Gasteiger partial charge in [-0.3, -0.25) is 4.79 Å². The first-order valence-electron chi connectivity index (χ1n) is 7.32. The molecule has 0 radical (unpaired) electrons. The highest BCUT2D eigenvalue weighted by atomic mass is 35.5. The summed E-state index contributed by atoms with van der Waals surface area (Å²) in [5, 5.41) is 11.4. The zero-order valence-corrected chi connectivity index (χ0v) is 14.1. The highest BCUT2D eigenvalue weighted by Gasteiger charge is 2.42. The van der Waals surface area contributed by atoms with E-state index in [9.17, 15) is 9.90 Å². The summed E-state index contributed by atoms with van der Waals surface area (Å²) in [6.45, 7) is 0.823. The molecule has 1 aliphatic heterocycles. The zero-order valence-electron chi connectivity index (χ0n) is 12.6. The minimum absolute atomic E-state index is 0.147. The predicted octanol–water partition coefficient (Wildman–Crippen LogP) is 3.75. The molecule has 0 spiro atoms. The van der Waals surface area contributed by atoms with Crippen LogP contribution in [0.1, 0.15) is 24.1 Å². The maximum atomic E-state index is 11.4. The Bertz CT molecular complexity index is 758. The first-order chi connectivity index (χ1) is 11.0. The molecule has 0 fully saturated rings. The van der Waals surface area contributed by atoms with Crippen molar-refractivity contribution in [1.29, 1.82) is 0 Å². The van der Waals surface area contributed by atoms with Crippen LogP contribution in [-0.4, -0.2) is 36.4 Å². The van der Waals surface area contributed by atoms with Gasteiger partial charge in [-0.25, -0.2) is 0 Å². The van der Waals surface area contributed by atoms with E-state index in [4.69, 9.17) is 32.7 Å². The molecule has 0 amide bonds. The van der Waals surface area contributed by atoms with Gasteiger partial charge in [-0.2, -0.15) is 0 Å². The number of carbonyl (C=O) groups is 1. The molecule has 1 atom stereocenters. The molecule has 0 aliphatic carbocycles. The van der Waals surface area contributed by atoms with Crippen LogP contribution in [0.3, 0.4) is 0 Å². The van der Waals surface area contributed by atoms with Gasteiger partial charge >= 0.3 is 5.97 Å². The number of aliphatic carboxylic acids is 1. The number of fused-ring (bicyclic) bond motifs is 3. The quantitative estimate of drug-likeness (QED) is 0.854. The number of aromatic amines is 1. The molecule has 0 bridgehead atoms. The third kappa shape index (κ3) is 2.83. The van der Waals surface area contributed by atoms with Crippen molar-refractivity contribution in [2.45, 2.75) is 24.9 Å². The number of rotatable bonds is 5. The SMILES string of the molecule is COCCC1(CC(=O)O)OCCc2c1[nH]c1c(Cl)ccc(Cl)c21. The van der Waals surface area contributed by atoms with E-state index in [-0.39, 0.29) is 6.42 Å². The summed E-state index contributed by atoms with van der Waals surface area (Å²) in [5.41, 5.74) is 1.49. The number of carboxylic acid groups (broad SMARTS) is 1. The smallest absolute Gasteiger partial charge is 0.306 e. The number of carboxylic acids is 1. The maximum Gasteiger partial charge on any atom is 0.306 e. The molecule has 2 aromatic rings. The Labute approximate surface area is 143 Å². The second kappa shape index (κ2) is 6.32. The number of benzene rings is 1. The van der Waals surface area contributed by atoms with Crippen molar-refractivity contribution in [3.8, 4) is 0 Å². The molecule has 0 saturated heterocycles. The Morgan fingerprint density at radius 2 is 2.17 bits per heavy atom. The first kappa shape index (κ1) is 16.6. The number of nitrogens with one attached hydrogen (secondary N) is 1. The third-order valence-corrected chi connectivity index (χ3v) is 4.92. The van der Waals surface area contributed by atoms with Crippen molar-refractivity contribution in [1.82, 2.24) is 4.98 Å². The minimum atomic E-state index is -0.957. The van der Waals surface area contributed by atoms with Crippen molar-refractivity contribution >= 4 is 40.1 Å². The summed E-state index contributed by atoms with van der Waals surface area (Å²) < 4.78 is 11.1. The predicted molar refractivity (Wildman–Crippen MR) is 88.4 cm³/mol. The number of aromatic nitrogens is 1. The molecule has 1 aromatic heterocycles. The number of ether oxygens (including phenoxy) is 2. The van der Waals surface area contributed by atoms with Gasteiger partial charge in [0.05, 0.1) is 34.3 Å². The Hall–Kier alpha value is -1.27. The number of H-pyrrole nitrogens is 1. The van der Waals surface area contributed by atoms with Crippen molar-refractivity contribution in [2.24, 2.45) is 0 Å². The second-order valence-electron chi connectivity index (χ2n) is 5.66. The van der Waals surface area contributed by atoms with Gasteiger partial charge in [0.2, 0.25) is 0 Å². The lowest BCUT2D eigenvalue weighted by Crippen LogP contribution is -2.39. The normalized spacial score (nSPS) is 20.7. The van der Waals surface area contributed by atoms with Gasteiger partial charge in [0.15, 0.2) is 0 Å². The van der Waals surface area contributed by atoms with Gasteiger partial charge in [0.25, 0.3) is 0 Å². The van der Waals surface area contributed by atoms with Gasteiger partial charge < -0.3 is 19.6 Å². The molecule has 1 unspecified atom stereocenters. The maximum absolute atomic E-state index is 11.4. The third-order valence-electron chi connectivity index (χ3n) is 4.29. The summed E-state index contributed by atoms with van der Waals surface area (Å²) in [5.74, 6) is -0.926. The number of halogens is 2. The van der Waals surface area contributed by atoms with Crippen molar-refractivity contribution in [3.63, 3.8) is 0 Å². The highest BCUT2D eigenvalue weighted by Crippen LogP contribution is 2.44. The van der Waals surface area contributed by atoms with E-state index >= 15 is 0 Å². The van der Waals surface area contributed by atoms with Crippen LogP contribution in [0.4, 0.5) is 0 Å². The lowest BCUT2D eigenvalue weighted by molar-refractivity contribution is -0.150. The number of hydrogen-bond donors (Lipinski definition) is 2. The second-order valence-corrected chi connectivity index (χ2v) is 6.48. The first-order valence-corrected chi connectivity index (χ1v) is 8.08. The van der Waals surface area contributed by atoms with Crippen LogP contribution >= 0.6 is 23.2 Å². The Balaban J connectivity index is 2.22. The number of hydrogen-bond acceptors (Lipinski definition) is 3. The average Bonchev–Trinajstić information content (AvgIpc) is 2.91. The van der Waals surface area contributed by atoms with E-state index in [0.29, 0.717) is 36.1 Å². The molecule has 0 saturated carbocycles. The molecule has 1 aromatic carbocycles. The van der Waals surface area contributed by atoms with Crippen LogP contribution < -0.4 is 0 Å². The highest BCUT2D eigenvalue weighted by molar-refractivity contribution is 6.40. The summed E-state index contributed by atoms with van der Waals surface area (Å²) in [4.78, 5) is 14.7. The molecular weight excluding hydrogens is 341 g/mol. The molecule has 2 heterocycles. The standard InChI is InChI=1S/C16H17Cl2NO4/c1-22-7-5-16(8-12(20)21)15-9(4-6-23-16)13-10(17)2-3-11(18)14(13)19-15/h2-3,19H,4-8H2,1H3,(H,20,21). The fourth-order valence-electron chi connectivity index (χ4n) is 3.29. The van der Waals surface area contributed by atoms with E-state index in [1.165, 1.54) is 0 Å². The largest absolute Gasteiger partial charge is 0.481 e. The fraction of sp³-hybridized carbons (Fsp3) is 0.438. The number of methoxy groups -OCH3 is 1. The van der Waals surface area contributed by atoms with E-state index in [1.807, 2.05) is 0 Å². The van der Waals surface area contributed by atoms with Crippen molar-refractivity contribution in [3.05, 3.63) is 33.4 Å². The van der Waals surface area contributed by atoms with Gasteiger partial charge in [-0.05, 0) is 24.1 Å². The molecule has 5 nitrogen and oxygen atoms in total. The van der Waals surface area contributed by atoms with E-state index < -0.39 is 11.6 Å². The Kier molecular flexibility index (Phi) is 4.56. The average molecular weight is 358 g/mol. The molecule has 2 N–H and O–H groups in total.